The van der Waals surface area contributed by atoms with Gasteiger partial charge in [0.05, 0.1) is 6.54 Å². The van der Waals surface area contributed by atoms with Gasteiger partial charge in [-0.25, -0.2) is 0 Å². The molecule has 0 saturated carbocycles. The smallest absolute Gasteiger partial charge is 0.120 e. The molecule has 0 heterocycles. The Bertz CT molecular complexity index is 418. The maximum atomic E-state index is 5.90. The SMILES string of the molecule is C#CCNCC(C)Oc1cc(C)cc(C(C)C)c1. The summed E-state index contributed by atoms with van der Waals surface area (Å²) in [6.45, 7) is 9.86. The third-order valence-electron chi connectivity index (χ3n) is 2.74. The van der Waals surface area contributed by atoms with Crippen molar-refractivity contribution in [2.75, 3.05) is 13.1 Å². The molecule has 0 aliphatic heterocycles. The molecule has 0 aliphatic carbocycles. The Labute approximate surface area is 111 Å². The van der Waals surface area contributed by atoms with Crippen LogP contribution in [0.25, 0.3) is 0 Å². The van der Waals surface area contributed by atoms with Gasteiger partial charge < -0.3 is 10.1 Å². The van der Waals surface area contributed by atoms with Crippen molar-refractivity contribution in [3.05, 3.63) is 29.3 Å². The first-order valence-corrected chi connectivity index (χ1v) is 6.45. The van der Waals surface area contributed by atoms with E-state index in [-0.39, 0.29) is 6.10 Å². The van der Waals surface area contributed by atoms with Crippen molar-refractivity contribution in [3.63, 3.8) is 0 Å². The van der Waals surface area contributed by atoms with Crippen molar-refractivity contribution in [2.24, 2.45) is 0 Å². The molecule has 1 N–H and O–H groups in total. The van der Waals surface area contributed by atoms with Crippen molar-refractivity contribution in [3.8, 4) is 18.1 Å². The van der Waals surface area contributed by atoms with E-state index in [9.17, 15) is 0 Å². The molecule has 1 rings (SSSR count). The van der Waals surface area contributed by atoms with Crippen molar-refractivity contribution in [1.82, 2.24) is 5.32 Å². The minimum Gasteiger partial charge on any atom is -0.489 e. The lowest BCUT2D eigenvalue weighted by atomic mass is 10.0. The summed E-state index contributed by atoms with van der Waals surface area (Å²) in [7, 11) is 0. The van der Waals surface area contributed by atoms with Gasteiger partial charge in [-0.3, -0.25) is 0 Å². The third-order valence-corrected chi connectivity index (χ3v) is 2.74. The Hall–Kier alpha value is -1.46. The second-order valence-corrected chi connectivity index (χ2v) is 5.00. The Kier molecular flexibility index (Phi) is 5.74. The summed E-state index contributed by atoms with van der Waals surface area (Å²) in [5.74, 6) is 4.01. The number of ether oxygens (including phenoxy) is 1. The average molecular weight is 245 g/mol. The van der Waals surface area contributed by atoms with Crippen LogP contribution in [0.3, 0.4) is 0 Å². The van der Waals surface area contributed by atoms with Crippen LogP contribution in [0.2, 0.25) is 0 Å². The zero-order chi connectivity index (χ0) is 13.5. The zero-order valence-corrected chi connectivity index (χ0v) is 11.8. The van der Waals surface area contributed by atoms with Crippen molar-refractivity contribution < 1.29 is 4.74 Å². The number of benzene rings is 1. The Balaban J connectivity index is 2.64. The first-order chi connectivity index (χ1) is 8.52. The van der Waals surface area contributed by atoms with Gasteiger partial charge >= 0.3 is 0 Å². The van der Waals surface area contributed by atoms with Gasteiger partial charge in [0.25, 0.3) is 0 Å². The molecule has 0 saturated heterocycles. The highest BCUT2D eigenvalue weighted by atomic mass is 16.5. The van der Waals surface area contributed by atoms with Crippen LogP contribution in [0.15, 0.2) is 18.2 Å². The summed E-state index contributed by atoms with van der Waals surface area (Å²) < 4.78 is 5.90. The summed E-state index contributed by atoms with van der Waals surface area (Å²) in [4.78, 5) is 0. The van der Waals surface area contributed by atoms with Crippen LogP contribution in [0.5, 0.6) is 5.75 Å². The maximum Gasteiger partial charge on any atom is 0.120 e. The van der Waals surface area contributed by atoms with E-state index < -0.39 is 0 Å². The van der Waals surface area contributed by atoms with Gasteiger partial charge in [0.15, 0.2) is 0 Å². The molecule has 0 aliphatic rings. The highest BCUT2D eigenvalue weighted by molar-refractivity contribution is 5.35. The maximum absolute atomic E-state index is 5.90. The molecule has 1 aromatic carbocycles. The second kappa shape index (κ2) is 7.08. The molecule has 0 amide bonds. The van der Waals surface area contributed by atoms with Crippen LogP contribution in [0.1, 0.15) is 37.8 Å². The normalized spacial score (nSPS) is 12.2. The fraction of sp³-hybridized carbons (Fsp3) is 0.500. The predicted octanol–water partition coefficient (Wildman–Crippen LogP) is 3.11. The molecule has 0 fully saturated rings. The fourth-order valence-electron chi connectivity index (χ4n) is 1.80. The first-order valence-electron chi connectivity index (χ1n) is 6.45. The first kappa shape index (κ1) is 14.6. The van der Waals surface area contributed by atoms with Crippen molar-refractivity contribution >= 4 is 0 Å². The van der Waals surface area contributed by atoms with Crippen LogP contribution in [-0.4, -0.2) is 19.2 Å². The topological polar surface area (TPSA) is 21.3 Å². The molecule has 0 spiro atoms. The van der Waals surface area contributed by atoms with Crippen molar-refractivity contribution in [2.45, 2.75) is 39.7 Å². The largest absolute Gasteiger partial charge is 0.489 e. The van der Waals surface area contributed by atoms with E-state index in [1.165, 1.54) is 11.1 Å². The molecule has 2 heteroatoms. The number of nitrogens with one attached hydrogen (secondary N) is 1. The molecule has 0 bridgehead atoms. The standard InChI is InChI=1S/C16H23NO/c1-6-7-17-11-14(5)18-16-9-13(4)8-15(10-16)12(2)3/h1,8-10,12,14,17H,7,11H2,2-5H3. The fourth-order valence-corrected chi connectivity index (χ4v) is 1.80. The highest BCUT2D eigenvalue weighted by Gasteiger charge is 2.07. The van der Waals surface area contributed by atoms with Gasteiger partial charge in [-0.2, -0.15) is 0 Å². The van der Waals surface area contributed by atoms with E-state index in [1.807, 2.05) is 6.92 Å². The van der Waals surface area contributed by atoms with E-state index in [0.717, 1.165) is 12.3 Å². The van der Waals surface area contributed by atoms with E-state index in [4.69, 9.17) is 11.2 Å². The van der Waals surface area contributed by atoms with E-state index in [0.29, 0.717) is 12.5 Å². The lowest BCUT2D eigenvalue weighted by Crippen LogP contribution is -2.29. The Morgan fingerprint density at radius 1 is 1.28 bits per heavy atom. The van der Waals surface area contributed by atoms with Crippen molar-refractivity contribution in [1.29, 1.82) is 0 Å². The molecule has 0 radical (unpaired) electrons. The molecule has 1 unspecified atom stereocenters. The van der Waals surface area contributed by atoms with Crippen LogP contribution in [0, 0.1) is 19.3 Å². The van der Waals surface area contributed by atoms with Gasteiger partial charge in [0, 0.05) is 6.54 Å². The lowest BCUT2D eigenvalue weighted by Gasteiger charge is -2.17. The number of rotatable bonds is 6. The van der Waals surface area contributed by atoms with Gasteiger partial charge in [-0.15, -0.1) is 6.42 Å². The van der Waals surface area contributed by atoms with Crippen LogP contribution in [0.4, 0.5) is 0 Å². The summed E-state index contributed by atoms with van der Waals surface area (Å²) >= 11 is 0. The molecule has 1 atom stereocenters. The van der Waals surface area contributed by atoms with Gasteiger partial charge in [0.2, 0.25) is 0 Å². The molecule has 2 nitrogen and oxygen atoms in total. The summed E-state index contributed by atoms with van der Waals surface area (Å²) in [5.41, 5.74) is 2.55. The summed E-state index contributed by atoms with van der Waals surface area (Å²) in [6.07, 6.45) is 5.30. The zero-order valence-electron chi connectivity index (χ0n) is 11.8. The van der Waals surface area contributed by atoms with Gasteiger partial charge in [-0.1, -0.05) is 25.8 Å². The Morgan fingerprint density at radius 3 is 2.61 bits per heavy atom. The van der Waals surface area contributed by atoms with Crippen LogP contribution < -0.4 is 10.1 Å². The number of hydrogen-bond donors (Lipinski definition) is 1. The highest BCUT2D eigenvalue weighted by Crippen LogP contribution is 2.23. The average Bonchev–Trinajstić information content (AvgIpc) is 2.28. The van der Waals surface area contributed by atoms with E-state index >= 15 is 0 Å². The molecular weight excluding hydrogens is 222 g/mol. The minimum absolute atomic E-state index is 0.111. The molecule has 0 aromatic heterocycles. The number of terminal acetylenes is 1. The number of hydrogen-bond acceptors (Lipinski definition) is 2. The van der Waals surface area contributed by atoms with E-state index in [1.54, 1.807) is 0 Å². The minimum atomic E-state index is 0.111. The molecule has 1 aromatic rings. The Morgan fingerprint density at radius 2 is 2.00 bits per heavy atom. The van der Waals surface area contributed by atoms with Crippen LogP contribution >= 0.6 is 0 Å². The quantitative estimate of drug-likeness (QED) is 0.614. The predicted molar refractivity (Wildman–Crippen MR) is 77.1 cm³/mol. The van der Waals surface area contributed by atoms with Gasteiger partial charge in [0.1, 0.15) is 11.9 Å². The number of aryl methyl sites for hydroxylation is 1. The van der Waals surface area contributed by atoms with Gasteiger partial charge in [-0.05, 0) is 43.0 Å². The molecular formula is C16H23NO. The molecule has 98 valence electrons. The monoisotopic (exact) mass is 245 g/mol. The van der Waals surface area contributed by atoms with E-state index in [2.05, 4.69) is 50.2 Å². The summed E-state index contributed by atoms with van der Waals surface area (Å²) in [6, 6.07) is 6.40. The lowest BCUT2D eigenvalue weighted by molar-refractivity contribution is 0.219. The third kappa shape index (κ3) is 4.81. The second-order valence-electron chi connectivity index (χ2n) is 5.00. The van der Waals surface area contributed by atoms with Crippen LogP contribution in [-0.2, 0) is 0 Å². The molecule has 18 heavy (non-hydrogen) atoms. The summed E-state index contributed by atoms with van der Waals surface area (Å²) in [5, 5.41) is 3.15.